The van der Waals surface area contributed by atoms with Crippen molar-refractivity contribution in [3.05, 3.63) is 71.2 Å². The minimum atomic E-state index is 0.347. The topological polar surface area (TPSA) is 61.0 Å². The van der Waals surface area contributed by atoms with Gasteiger partial charge in [-0.05, 0) is 31.2 Å². The van der Waals surface area contributed by atoms with E-state index in [1.54, 1.807) is 13.2 Å². The van der Waals surface area contributed by atoms with E-state index in [9.17, 15) is 0 Å². The van der Waals surface area contributed by atoms with Crippen LogP contribution >= 0.6 is 11.6 Å². The second-order valence-electron chi connectivity index (χ2n) is 6.02. The Bertz CT molecular complexity index is 1090. The number of rotatable bonds is 4. The van der Waals surface area contributed by atoms with Crippen molar-refractivity contribution < 1.29 is 9.26 Å². The van der Waals surface area contributed by atoms with Gasteiger partial charge >= 0.3 is 0 Å². The Morgan fingerprint density at radius 3 is 2.41 bits per heavy atom. The number of ether oxygens (including phenoxy) is 1. The van der Waals surface area contributed by atoms with Crippen LogP contribution < -0.4 is 4.74 Å². The van der Waals surface area contributed by atoms with Crippen molar-refractivity contribution in [3.8, 4) is 40.0 Å². The fourth-order valence-electron chi connectivity index (χ4n) is 2.73. The zero-order valence-electron chi connectivity index (χ0n) is 14.8. The van der Waals surface area contributed by atoms with E-state index in [4.69, 9.17) is 20.9 Å². The zero-order chi connectivity index (χ0) is 18.8. The Balaban J connectivity index is 1.72. The molecule has 2 heterocycles. The maximum absolute atomic E-state index is 6.21. The van der Waals surface area contributed by atoms with Gasteiger partial charge in [-0.2, -0.15) is 4.98 Å². The first kappa shape index (κ1) is 17.2. The Hall–Kier alpha value is -3.18. The first-order valence-electron chi connectivity index (χ1n) is 8.37. The summed E-state index contributed by atoms with van der Waals surface area (Å²) < 4.78 is 10.9. The van der Waals surface area contributed by atoms with Gasteiger partial charge in [-0.3, -0.25) is 0 Å². The highest BCUT2D eigenvalue weighted by atomic mass is 35.5. The van der Waals surface area contributed by atoms with E-state index in [0.29, 0.717) is 33.7 Å². The Morgan fingerprint density at radius 2 is 1.67 bits per heavy atom. The molecule has 2 aromatic carbocycles. The first-order valence-corrected chi connectivity index (χ1v) is 8.74. The van der Waals surface area contributed by atoms with Crippen LogP contribution in [0.1, 0.15) is 5.56 Å². The lowest BCUT2D eigenvalue weighted by atomic mass is 10.1. The summed E-state index contributed by atoms with van der Waals surface area (Å²) in [5.74, 6) is 1.17. The molecule has 2 aromatic heterocycles. The lowest BCUT2D eigenvalue weighted by Gasteiger charge is -2.07. The summed E-state index contributed by atoms with van der Waals surface area (Å²) in [5, 5.41) is 4.61. The van der Waals surface area contributed by atoms with Crippen molar-refractivity contribution in [1.29, 1.82) is 0 Å². The van der Waals surface area contributed by atoms with Crippen LogP contribution in [0.2, 0.25) is 5.02 Å². The van der Waals surface area contributed by atoms with Crippen molar-refractivity contribution in [1.82, 2.24) is 15.1 Å². The molecule has 5 nitrogen and oxygen atoms in total. The van der Waals surface area contributed by atoms with E-state index in [2.05, 4.69) is 15.1 Å². The molecule has 0 atom stereocenters. The predicted molar refractivity (Wildman–Crippen MR) is 105 cm³/mol. The monoisotopic (exact) mass is 377 g/mol. The van der Waals surface area contributed by atoms with Crippen LogP contribution in [0.4, 0.5) is 0 Å². The fraction of sp³-hybridized carbons (Fsp3) is 0.0952. The van der Waals surface area contributed by atoms with Crippen molar-refractivity contribution in [2.24, 2.45) is 0 Å². The summed E-state index contributed by atoms with van der Waals surface area (Å²) in [6, 6.07) is 19.3. The highest BCUT2D eigenvalue weighted by Crippen LogP contribution is 2.32. The molecule has 6 heteroatoms. The fourth-order valence-corrected chi connectivity index (χ4v) is 2.94. The quantitative estimate of drug-likeness (QED) is 0.474. The van der Waals surface area contributed by atoms with E-state index >= 15 is 0 Å². The minimum absolute atomic E-state index is 0.347. The van der Waals surface area contributed by atoms with E-state index in [-0.39, 0.29) is 0 Å². The van der Waals surface area contributed by atoms with Crippen LogP contribution in [0, 0.1) is 6.92 Å². The molecule has 4 aromatic rings. The lowest BCUT2D eigenvalue weighted by Crippen LogP contribution is -1.95. The number of halogens is 1. The number of aryl methyl sites for hydroxylation is 1. The first-order chi connectivity index (χ1) is 13.2. The van der Waals surface area contributed by atoms with Crippen molar-refractivity contribution in [2.45, 2.75) is 6.92 Å². The van der Waals surface area contributed by atoms with Crippen LogP contribution in [0.3, 0.4) is 0 Å². The molecule has 0 N–H and O–H groups in total. The van der Waals surface area contributed by atoms with E-state index in [0.717, 1.165) is 11.3 Å². The summed E-state index contributed by atoms with van der Waals surface area (Å²) in [4.78, 5) is 9.05. The van der Waals surface area contributed by atoms with Gasteiger partial charge in [-0.1, -0.05) is 58.7 Å². The second kappa shape index (κ2) is 7.21. The van der Waals surface area contributed by atoms with Gasteiger partial charge in [-0.15, -0.1) is 0 Å². The van der Waals surface area contributed by atoms with Gasteiger partial charge in [0.15, 0.2) is 0 Å². The van der Waals surface area contributed by atoms with E-state index in [1.165, 1.54) is 5.56 Å². The second-order valence-corrected chi connectivity index (χ2v) is 6.43. The number of methoxy groups -OCH3 is 1. The van der Waals surface area contributed by atoms with Crippen LogP contribution in [0.25, 0.3) is 34.1 Å². The number of hydrogen-bond donors (Lipinski definition) is 0. The summed E-state index contributed by atoms with van der Waals surface area (Å²) >= 11 is 6.21. The molecule has 0 saturated carbocycles. The van der Waals surface area contributed by atoms with Crippen molar-refractivity contribution >= 4 is 11.6 Å². The number of hydrogen-bond acceptors (Lipinski definition) is 5. The van der Waals surface area contributed by atoms with Gasteiger partial charge in [0, 0.05) is 5.56 Å². The summed E-state index contributed by atoms with van der Waals surface area (Å²) in [5.41, 5.74) is 4.35. The molecule has 0 spiro atoms. The Labute approximate surface area is 161 Å². The molecule has 0 unspecified atom stereocenters. The van der Waals surface area contributed by atoms with Crippen LogP contribution in [0.15, 0.2) is 65.2 Å². The summed E-state index contributed by atoms with van der Waals surface area (Å²) in [7, 11) is 1.57. The highest BCUT2D eigenvalue weighted by Gasteiger charge is 2.17. The molecule has 0 aliphatic carbocycles. The molecule has 0 aliphatic rings. The molecule has 0 radical (unpaired) electrons. The third kappa shape index (κ3) is 3.41. The molecule has 27 heavy (non-hydrogen) atoms. The van der Waals surface area contributed by atoms with Gasteiger partial charge < -0.3 is 9.26 Å². The molecular formula is C21H16ClN3O2. The maximum Gasteiger partial charge on any atom is 0.259 e. The highest BCUT2D eigenvalue weighted by molar-refractivity contribution is 6.33. The van der Waals surface area contributed by atoms with Crippen LogP contribution in [-0.4, -0.2) is 22.2 Å². The average molecular weight is 378 g/mol. The molecule has 134 valence electrons. The van der Waals surface area contributed by atoms with E-state index in [1.807, 2.05) is 61.5 Å². The number of aromatic nitrogens is 3. The van der Waals surface area contributed by atoms with Gasteiger partial charge in [0.2, 0.25) is 11.7 Å². The van der Waals surface area contributed by atoms with E-state index < -0.39 is 0 Å². The normalized spacial score (nSPS) is 10.8. The molecule has 4 rings (SSSR count). The standard InChI is InChI=1S/C21H16ClN3O2/c1-13-7-9-14(10-8-13)18-12-11-16(20(23-18)26-2)19-24-21(27-25-19)15-5-3-4-6-17(15)22/h3-12H,1-2H3. The summed E-state index contributed by atoms with van der Waals surface area (Å²) in [6.07, 6.45) is 0. The Kier molecular flexibility index (Phi) is 4.60. The maximum atomic E-state index is 6.21. The molecule has 0 saturated heterocycles. The molecule has 0 bridgehead atoms. The smallest absolute Gasteiger partial charge is 0.259 e. The van der Waals surface area contributed by atoms with Gasteiger partial charge in [0.05, 0.1) is 29.0 Å². The number of benzene rings is 2. The van der Waals surface area contributed by atoms with Crippen molar-refractivity contribution in [2.75, 3.05) is 7.11 Å². The third-order valence-electron chi connectivity index (χ3n) is 4.17. The van der Waals surface area contributed by atoms with Crippen LogP contribution in [-0.2, 0) is 0 Å². The van der Waals surface area contributed by atoms with Gasteiger partial charge in [0.25, 0.3) is 5.89 Å². The molecule has 0 aliphatic heterocycles. The summed E-state index contributed by atoms with van der Waals surface area (Å²) in [6.45, 7) is 2.05. The van der Waals surface area contributed by atoms with Gasteiger partial charge in [0.1, 0.15) is 0 Å². The van der Waals surface area contributed by atoms with Crippen LogP contribution in [0.5, 0.6) is 5.88 Å². The zero-order valence-corrected chi connectivity index (χ0v) is 15.6. The average Bonchev–Trinajstić information content (AvgIpc) is 3.18. The third-order valence-corrected chi connectivity index (χ3v) is 4.50. The number of pyridine rings is 1. The molecule has 0 amide bonds. The Morgan fingerprint density at radius 1 is 0.889 bits per heavy atom. The van der Waals surface area contributed by atoms with Gasteiger partial charge in [-0.25, -0.2) is 4.98 Å². The molecule has 0 fully saturated rings. The number of nitrogens with zero attached hydrogens (tertiary/aromatic N) is 3. The largest absolute Gasteiger partial charge is 0.480 e. The minimum Gasteiger partial charge on any atom is -0.480 e. The predicted octanol–water partition coefficient (Wildman–Crippen LogP) is 5.44. The van der Waals surface area contributed by atoms with Crippen molar-refractivity contribution in [3.63, 3.8) is 0 Å². The SMILES string of the molecule is COc1nc(-c2ccc(C)cc2)ccc1-c1noc(-c2ccccc2Cl)n1. The molecular weight excluding hydrogens is 362 g/mol. The lowest BCUT2D eigenvalue weighted by molar-refractivity contribution is 0.398.